The predicted molar refractivity (Wildman–Crippen MR) is 126 cm³/mol. The van der Waals surface area contributed by atoms with E-state index in [1.54, 1.807) is 44.5 Å². The van der Waals surface area contributed by atoms with Gasteiger partial charge in [0, 0.05) is 28.4 Å². The molecule has 0 fully saturated rings. The van der Waals surface area contributed by atoms with Crippen LogP contribution in [0.2, 0.25) is 0 Å². The van der Waals surface area contributed by atoms with Crippen molar-refractivity contribution < 1.29 is 17.8 Å². The third-order valence-electron chi connectivity index (χ3n) is 4.34. The number of benzene rings is 2. The number of hydrogen-bond acceptors (Lipinski definition) is 4. The van der Waals surface area contributed by atoms with Gasteiger partial charge in [0.15, 0.2) is 5.13 Å². The number of carbonyl (C=O) groups excluding carboxylic acids is 1. The van der Waals surface area contributed by atoms with Crippen molar-refractivity contribution >= 4 is 51.3 Å². The Morgan fingerprint density at radius 3 is 2.40 bits per heavy atom. The fourth-order valence-corrected chi connectivity index (χ4v) is 5.21. The van der Waals surface area contributed by atoms with Crippen molar-refractivity contribution in [2.75, 3.05) is 18.2 Å². The van der Waals surface area contributed by atoms with Crippen molar-refractivity contribution in [3.63, 3.8) is 0 Å². The molecular weight excluding hydrogens is 446 g/mol. The zero-order valence-corrected chi connectivity index (χ0v) is 19.4. The second-order valence-corrected chi connectivity index (χ2v) is 10.5. The summed E-state index contributed by atoms with van der Waals surface area (Å²) in [5.74, 6) is 2.46. The molecule has 0 radical (unpaired) electrons. The summed E-state index contributed by atoms with van der Waals surface area (Å²) in [7, 11) is -0.795. The van der Waals surface area contributed by atoms with Gasteiger partial charge in [-0.3, -0.25) is 13.9 Å². The maximum absolute atomic E-state index is 13.9. The lowest BCUT2D eigenvalue weighted by atomic mass is 10.0. The number of halogens is 2. The van der Waals surface area contributed by atoms with E-state index in [4.69, 9.17) is 0 Å². The minimum absolute atomic E-state index is 0. The summed E-state index contributed by atoms with van der Waals surface area (Å²) in [6.45, 7) is 1.74. The number of aromatic nitrogens is 1. The van der Waals surface area contributed by atoms with Gasteiger partial charge in [0.05, 0.1) is 12.1 Å². The summed E-state index contributed by atoms with van der Waals surface area (Å²) in [6.07, 6.45) is 1.66. The number of likely N-dealkylation sites (N-methyl/N-ethyl adjacent to an activating group) is 1. The number of anilines is 1. The number of carbonyl (C=O) groups is 1. The monoisotopic (exact) mass is 468 g/mol. The SMILES string of the molecule is C=S(C)(=O)c1sc(N(C)C(=O)Cc2ccc(-c3cc(F)ccc3F)cc2)nc1C.S. The molecule has 0 N–H and O–H groups in total. The molecule has 0 aliphatic carbocycles. The van der Waals surface area contributed by atoms with E-state index < -0.39 is 21.2 Å². The molecule has 1 unspecified atom stereocenters. The van der Waals surface area contributed by atoms with Gasteiger partial charge in [-0.25, -0.2) is 13.8 Å². The van der Waals surface area contributed by atoms with Crippen LogP contribution in [0.3, 0.4) is 0 Å². The van der Waals surface area contributed by atoms with Gasteiger partial charge in [0.2, 0.25) is 5.91 Å². The predicted octanol–water partition coefficient (Wildman–Crippen LogP) is 4.42. The van der Waals surface area contributed by atoms with Crippen molar-refractivity contribution in [3.8, 4) is 11.1 Å². The summed E-state index contributed by atoms with van der Waals surface area (Å²) in [4.78, 5) is 18.4. The number of amides is 1. The standard InChI is InChI=1S/C21H20F2N2O2S2.H2S/c1-13-20(29(3,4)27)28-21(24-13)25(2)19(26)11-14-5-7-15(8-6-14)17-12-16(22)9-10-18(17)23;/h5-10,12H,3,11H2,1-2,4H3;1H2. The molecule has 9 heteroatoms. The van der Waals surface area contributed by atoms with Gasteiger partial charge in [0.25, 0.3) is 0 Å². The van der Waals surface area contributed by atoms with E-state index in [1.165, 1.54) is 16.2 Å². The van der Waals surface area contributed by atoms with Crippen LogP contribution in [-0.4, -0.2) is 34.3 Å². The number of aryl methyl sites for hydroxylation is 1. The van der Waals surface area contributed by atoms with Crippen LogP contribution in [0.15, 0.2) is 46.7 Å². The first-order valence-electron chi connectivity index (χ1n) is 8.67. The molecule has 3 rings (SSSR count). The minimum atomic E-state index is -2.41. The Bertz CT molecular complexity index is 1170. The molecule has 0 aliphatic heterocycles. The van der Waals surface area contributed by atoms with Crippen LogP contribution in [0.1, 0.15) is 11.3 Å². The van der Waals surface area contributed by atoms with E-state index in [2.05, 4.69) is 10.9 Å². The third kappa shape index (κ3) is 5.27. The molecule has 160 valence electrons. The highest BCUT2D eigenvalue weighted by atomic mass is 32.2. The topological polar surface area (TPSA) is 50.3 Å². The minimum Gasteiger partial charge on any atom is -0.291 e. The second kappa shape index (κ2) is 9.28. The van der Waals surface area contributed by atoms with E-state index >= 15 is 0 Å². The van der Waals surface area contributed by atoms with Crippen molar-refractivity contribution in [2.45, 2.75) is 17.6 Å². The highest BCUT2D eigenvalue weighted by molar-refractivity contribution is 8.01. The molecule has 4 nitrogen and oxygen atoms in total. The van der Waals surface area contributed by atoms with Gasteiger partial charge >= 0.3 is 0 Å². The van der Waals surface area contributed by atoms with Gasteiger partial charge in [-0.2, -0.15) is 13.5 Å². The smallest absolute Gasteiger partial charge is 0.232 e. The number of thiazole rings is 1. The van der Waals surface area contributed by atoms with E-state index in [9.17, 15) is 17.8 Å². The zero-order valence-electron chi connectivity index (χ0n) is 16.7. The van der Waals surface area contributed by atoms with Gasteiger partial charge in [-0.05, 0) is 42.1 Å². The van der Waals surface area contributed by atoms with Crippen molar-refractivity contribution in [3.05, 3.63) is 65.4 Å². The summed E-state index contributed by atoms with van der Waals surface area (Å²) >= 11 is 1.19. The largest absolute Gasteiger partial charge is 0.291 e. The lowest BCUT2D eigenvalue weighted by Crippen LogP contribution is -2.27. The first-order valence-corrected chi connectivity index (χ1v) is 11.6. The van der Waals surface area contributed by atoms with Crippen molar-refractivity contribution in [2.24, 2.45) is 0 Å². The number of nitrogens with zero attached hydrogens (tertiary/aromatic N) is 2. The van der Waals surface area contributed by atoms with Gasteiger partial charge in [-0.1, -0.05) is 35.6 Å². The quantitative estimate of drug-likeness (QED) is 0.521. The average molecular weight is 469 g/mol. The van der Waals surface area contributed by atoms with Crippen molar-refractivity contribution in [1.29, 1.82) is 0 Å². The molecule has 0 saturated carbocycles. The number of rotatable bonds is 5. The first kappa shape index (κ1) is 24.0. The Morgan fingerprint density at radius 2 is 1.83 bits per heavy atom. The van der Waals surface area contributed by atoms with Crippen LogP contribution in [0, 0.1) is 18.6 Å². The fraction of sp³-hybridized carbons (Fsp3) is 0.190. The second-order valence-electron chi connectivity index (χ2n) is 6.82. The van der Waals surface area contributed by atoms with E-state index in [-0.39, 0.29) is 31.4 Å². The van der Waals surface area contributed by atoms with Crippen LogP contribution in [0.4, 0.5) is 13.9 Å². The highest BCUT2D eigenvalue weighted by Crippen LogP contribution is 2.30. The molecule has 30 heavy (non-hydrogen) atoms. The van der Waals surface area contributed by atoms with Gasteiger partial charge < -0.3 is 0 Å². The van der Waals surface area contributed by atoms with E-state index in [1.807, 2.05) is 0 Å². The molecular formula is C21H22F2N2O2S3. The Labute approximate surface area is 186 Å². The van der Waals surface area contributed by atoms with E-state index in [0.29, 0.717) is 20.6 Å². The molecule has 0 aliphatic rings. The zero-order chi connectivity index (χ0) is 21.3. The van der Waals surface area contributed by atoms with Crippen LogP contribution >= 0.6 is 24.8 Å². The highest BCUT2D eigenvalue weighted by Gasteiger charge is 2.19. The number of hydrogen-bond donors (Lipinski definition) is 0. The fourth-order valence-electron chi connectivity index (χ4n) is 2.83. The molecule has 2 aromatic carbocycles. The van der Waals surface area contributed by atoms with Crippen LogP contribution in [-0.2, 0) is 20.7 Å². The molecule has 3 aromatic rings. The molecule has 0 saturated heterocycles. The maximum Gasteiger partial charge on any atom is 0.232 e. The molecule has 0 spiro atoms. The summed E-state index contributed by atoms with van der Waals surface area (Å²) in [6, 6.07) is 10.0. The Morgan fingerprint density at radius 1 is 1.20 bits per heavy atom. The molecule has 1 atom stereocenters. The average Bonchev–Trinajstić information content (AvgIpc) is 3.06. The van der Waals surface area contributed by atoms with Gasteiger partial charge in [0.1, 0.15) is 15.8 Å². The molecule has 1 aromatic heterocycles. The Kier molecular flexibility index (Phi) is 7.44. The molecule has 0 bridgehead atoms. The van der Waals surface area contributed by atoms with Crippen LogP contribution in [0.5, 0.6) is 0 Å². The Hall–Kier alpha value is -2.23. The Balaban J connectivity index is 0.00000320. The summed E-state index contributed by atoms with van der Waals surface area (Å²) < 4.78 is 40.1. The summed E-state index contributed by atoms with van der Waals surface area (Å²) in [5.41, 5.74) is 2.03. The maximum atomic E-state index is 13.9. The summed E-state index contributed by atoms with van der Waals surface area (Å²) in [5, 5.41) is 0.458. The molecule has 1 heterocycles. The van der Waals surface area contributed by atoms with Crippen LogP contribution < -0.4 is 4.90 Å². The lowest BCUT2D eigenvalue weighted by molar-refractivity contribution is -0.117. The third-order valence-corrected chi connectivity index (χ3v) is 7.76. The first-order chi connectivity index (χ1) is 13.6. The van der Waals surface area contributed by atoms with Gasteiger partial charge in [-0.15, -0.1) is 0 Å². The van der Waals surface area contributed by atoms with E-state index in [0.717, 1.165) is 23.8 Å². The van der Waals surface area contributed by atoms with Crippen molar-refractivity contribution in [1.82, 2.24) is 4.98 Å². The lowest BCUT2D eigenvalue weighted by Gasteiger charge is -2.14. The molecule has 1 amide bonds. The van der Waals surface area contributed by atoms with Crippen LogP contribution in [0.25, 0.3) is 11.1 Å². The normalized spacial score (nSPS) is 12.7.